The number of nitrogens with two attached hydrogens (primary N) is 1. The van der Waals surface area contributed by atoms with Crippen LogP contribution in [0.4, 0.5) is 5.69 Å². The normalized spacial score (nSPS) is 12.2. The maximum absolute atomic E-state index is 12.2. The molecule has 0 aliphatic carbocycles. The number of nitrogen functional groups attached to an aromatic ring is 1. The zero-order chi connectivity index (χ0) is 14.8. The first kappa shape index (κ1) is 13.8. The molecular weight excluding hydrogens is 336 g/mol. The summed E-state index contributed by atoms with van der Waals surface area (Å²) >= 11 is 3.31. The number of nitrogens with one attached hydrogen (secondary N) is 1. The maximum atomic E-state index is 12.2. The lowest BCUT2D eigenvalue weighted by Crippen LogP contribution is -2.24. The van der Waals surface area contributed by atoms with Crippen LogP contribution in [0.25, 0.3) is 0 Å². The van der Waals surface area contributed by atoms with Gasteiger partial charge in [0.05, 0.1) is 5.56 Å². The van der Waals surface area contributed by atoms with Crippen molar-refractivity contribution in [1.82, 2.24) is 5.32 Å². The molecule has 0 atom stereocenters. The Hall–Kier alpha value is -2.21. The van der Waals surface area contributed by atoms with E-state index in [9.17, 15) is 4.79 Å². The van der Waals surface area contributed by atoms with Crippen molar-refractivity contribution in [3.8, 4) is 11.5 Å². The second kappa shape index (κ2) is 5.65. The van der Waals surface area contributed by atoms with Gasteiger partial charge in [0, 0.05) is 22.3 Å². The predicted molar refractivity (Wildman–Crippen MR) is 82.3 cm³/mol. The van der Waals surface area contributed by atoms with Gasteiger partial charge in [-0.15, -0.1) is 0 Å². The van der Waals surface area contributed by atoms with Crippen molar-refractivity contribution in [3.63, 3.8) is 0 Å². The molecule has 0 bridgehead atoms. The van der Waals surface area contributed by atoms with E-state index >= 15 is 0 Å². The third-order valence-electron chi connectivity index (χ3n) is 3.18. The highest BCUT2D eigenvalue weighted by molar-refractivity contribution is 9.10. The van der Waals surface area contributed by atoms with Crippen molar-refractivity contribution in [2.75, 3.05) is 12.5 Å². The molecule has 1 aliphatic heterocycles. The lowest BCUT2D eigenvalue weighted by molar-refractivity contribution is 0.0951. The van der Waals surface area contributed by atoms with Crippen LogP contribution in [0.15, 0.2) is 40.9 Å². The second-order valence-electron chi connectivity index (χ2n) is 4.57. The largest absolute Gasteiger partial charge is 0.454 e. The molecule has 6 heteroatoms. The number of benzene rings is 2. The number of carbonyl (C=O) groups is 1. The van der Waals surface area contributed by atoms with Crippen LogP contribution in [0, 0.1) is 0 Å². The number of hydrogen-bond acceptors (Lipinski definition) is 4. The highest BCUT2D eigenvalue weighted by Crippen LogP contribution is 2.35. The van der Waals surface area contributed by atoms with Crippen LogP contribution in [-0.2, 0) is 6.54 Å². The average molecular weight is 349 g/mol. The summed E-state index contributed by atoms with van der Waals surface area (Å²) in [4.78, 5) is 12.2. The van der Waals surface area contributed by atoms with Crippen molar-refractivity contribution in [2.45, 2.75) is 6.54 Å². The molecule has 21 heavy (non-hydrogen) atoms. The Morgan fingerprint density at radius 2 is 2.14 bits per heavy atom. The van der Waals surface area contributed by atoms with Gasteiger partial charge >= 0.3 is 0 Å². The Morgan fingerprint density at radius 3 is 2.95 bits per heavy atom. The van der Waals surface area contributed by atoms with Crippen molar-refractivity contribution in [3.05, 3.63) is 52.0 Å². The number of carbonyl (C=O) groups excluding carboxylic acids is 1. The molecule has 0 aromatic heterocycles. The van der Waals surface area contributed by atoms with Gasteiger partial charge in [0.15, 0.2) is 11.5 Å². The van der Waals surface area contributed by atoms with Crippen molar-refractivity contribution < 1.29 is 14.3 Å². The molecule has 0 saturated carbocycles. The Morgan fingerprint density at radius 1 is 1.29 bits per heavy atom. The quantitative estimate of drug-likeness (QED) is 0.836. The molecule has 0 spiro atoms. The highest BCUT2D eigenvalue weighted by atomic mass is 79.9. The van der Waals surface area contributed by atoms with E-state index in [1.54, 1.807) is 18.2 Å². The van der Waals surface area contributed by atoms with Gasteiger partial charge in [-0.05, 0) is 24.3 Å². The molecule has 2 aromatic rings. The zero-order valence-electron chi connectivity index (χ0n) is 11.1. The van der Waals surface area contributed by atoms with Gasteiger partial charge in [0.1, 0.15) is 0 Å². The van der Waals surface area contributed by atoms with E-state index in [2.05, 4.69) is 21.2 Å². The van der Waals surface area contributed by atoms with Gasteiger partial charge in [0.25, 0.3) is 5.91 Å². The first-order valence-corrected chi connectivity index (χ1v) is 7.15. The number of para-hydroxylation sites is 1. The van der Waals surface area contributed by atoms with E-state index in [4.69, 9.17) is 15.2 Å². The lowest BCUT2D eigenvalue weighted by Gasteiger charge is -2.09. The first-order chi connectivity index (χ1) is 10.1. The van der Waals surface area contributed by atoms with Gasteiger partial charge in [-0.1, -0.05) is 28.1 Å². The van der Waals surface area contributed by atoms with Crippen LogP contribution in [0.3, 0.4) is 0 Å². The number of anilines is 1. The summed E-state index contributed by atoms with van der Waals surface area (Å²) in [6.45, 7) is 0.556. The molecule has 1 aliphatic rings. The van der Waals surface area contributed by atoms with Gasteiger partial charge in [-0.2, -0.15) is 0 Å². The first-order valence-electron chi connectivity index (χ1n) is 6.36. The van der Waals surface area contributed by atoms with Crippen molar-refractivity contribution in [2.24, 2.45) is 0 Å². The molecule has 1 heterocycles. The van der Waals surface area contributed by atoms with Crippen LogP contribution in [-0.4, -0.2) is 12.7 Å². The topological polar surface area (TPSA) is 73.6 Å². The molecule has 3 rings (SSSR count). The third-order valence-corrected chi connectivity index (χ3v) is 3.67. The van der Waals surface area contributed by atoms with Crippen LogP contribution < -0.4 is 20.5 Å². The van der Waals surface area contributed by atoms with Gasteiger partial charge in [-0.3, -0.25) is 4.79 Å². The van der Waals surface area contributed by atoms with Crippen molar-refractivity contribution >= 4 is 27.5 Å². The lowest BCUT2D eigenvalue weighted by atomic mass is 10.1. The second-order valence-corrected chi connectivity index (χ2v) is 5.48. The Kier molecular flexibility index (Phi) is 3.70. The minimum absolute atomic E-state index is 0.208. The Balaban J connectivity index is 1.73. The fraction of sp³-hybridized carbons (Fsp3) is 0.133. The minimum Gasteiger partial charge on any atom is -0.454 e. The van der Waals surface area contributed by atoms with E-state index < -0.39 is 0 Å². The highest BCUT2D eigenvalue weighted by Gasteiger charge is 2.18. The number of fused-ring (bicyclic) bond motifs is 1. The molecule has 0 unspecified atom stereocenters. The predicted octanol–water partition coefficient (Wildman–Crippen LogP) is 2.69. The van der Waals surface area contributed by atoms with Crippen molar-refractivity contribution in [1.29, 1.82) is 0 Å². The molecule has 2 aromatic carbocycles. The van der Waals surface area contributed by atoms with E-state index in [-0.39, 0.29) is 12.7 Å². The molecule has 0 fully saturated rings. The molecule has 0 radical (unpaired) electrons. The zero-order valence-corrected chi connectivity index (χ0v) is 12.6. The van der Waals surface area contributed by atoms with Crippen LogP contribution in [0.2, 0.25) is 0 Å². The molecule has 1 amide bonds. The van der Waals surface area contributed by atoms with E-state index in [1.807, 2.05) is 18.2 Å². The van der Waals surface area contributed by atoms with Gasteiger partial charge in [0.2, 0.25) is 6.79 Å². The molecule has 5 nitrogen and oxygen atoms in total. The number of amides is 1. The minimum atomic E-state index is -0.225. The van der Waals surface area contributed by atoms with Gasteiger partial charge < -0.3 is 20.5 Å². The van der Waals surface area contributed by atoms with E-state index in [0.717, 1.165) is 10.0 Å². The average Bonchev–Trinajstić information content (AvgIpc) is 2.93. The Labute approximate surface area is 130 Å². The Bertz CT molecular complexity index is 703. The number of rotatable bonds is 3. The number of hydrogen-bond donors (Lipinski definition) is 2. The van der Waals surface area contributed by atoms with Crippen LogP contribution in [0.5, 0.6) is 11.5 Å². The fourth-order valence-electron chi connectivity index (χ4n) is 2.14. The SMILES string of the molecule is Nc1cc(Br)ccc1C(=O)NCc1cccc2c1OCO2. The number of ether oxygens (including phenoxy) is 2. The monoisotopic (exact) mass is 348 g/mol. The number of halogens is 1. The van der Waals surface area contributed by atoms with E-state index in [1.165, 1.54) is 0 Å². The fourth-order valence-corrected chi connectivity index (χ4v) is 2.52. The van der Waals surface area contributed by atoms with Gasteiger partial charge in [-0.25, -0.2) is 0 Å². The maximum Gasteiger partial charge on any atom is 0.253 e. The van der Waals surface area contributed by atoms with Crippen LogP contribution >= 0.6 is 15.9 Å². The summed E-state index contributed by atoms with van der Waals surface area (Å²) in [7, 11) is 0. The third kappa shape index (κ3) is 2.80. The standard InChI is InChI=1S/C15H13BrN2O3/c16-10-4-5-11(12(17)6-10)15(19)18-7-9-2-1-3-13-14(9)21-8-20-13/h1-6H,7-8,17H2,(H,18,19). The van der Waals surface area contributed by atoms with E-state index in [0.29, 0.717) is 29.3 Å². The summed E-state index contributed by atoms with van der Waals surface area (Å²) in [6, 6.07) is 10.8. The van der Waals surface area contributed by atoms with Crippen LogP contribution in [0.1, 0.15) is 15.9 Å². The molecular formula is C15H13BrN2O3. The summed E-state index contributed by atoms with van der Waals surface area (Å²) in [6.07, 6.45) is 0. The molecule has 3 N–H and O–H groups in total. The smallest absolute Gasteiger partial charge is 0.253 e. The molecule has 108 valence electrons. The molecule has 0 saturated heterocycles. The summed E-state index contributed by atoms with van der Waals surface area (Å²) in [5, 5.41) is 2.84. The summed E-state index contributed by atoms with van der Waals surface area (Å²) < 4.78 is 11.5. The summed E-state index contributed by atoms with van der Waals surface area (Å²) in [5.74, 6) is 1.16. The summed E-state index contributed by atoms with van der Waals surface area (Å²) in [5.41, 5.74) is 7.59.